The molecule has 0 spiro atoms. The largest absolute Gasteiger partial charge is 0.491 e. The average Bonchev–Trinajstić information content (AvgIpc) is 4.06. The molecule has 64 heavy (non-hydrogen) atoms. The van der Waals surface area contributed by atoms with Crippen LogP contribution in [0, 0.1) is 12.8 Å². The Kier molecular flexibility index (Phi) is 15.7. The molecule has 2 N–H and O–H groups in total. The van der Waals surface area contributed by atoms with Gasteiger partial charge in [0.1, 0.15) is 30.9 Å². The third-order valence-electron chi connectivity index (χ3n) is 10.8. The summed E-state index contributed by atoms with van der Waals surface area (Å²) < 4.78 is 33.8. The van der Waals surface area contributed by atoms with Gasteiger partial charge in [0.15, 0.2) is 5.76 Å². The predicted octanol–water partition coefficient (Wildman–Crippen LogP) is 7.30. The van der Waals surface area contributed by atoms with Crippen molar-refractivity contribution >= 4 is 46.2 Å². The molecule has 0 saturated carbocycles. The molecule has 1 aliphatic heterocycles. The highest BCUT2D eigenvalue weighted by Gasteiger charge is 2.43. The van der Waals surface area contributed by atoms with Gasteiger partial charge in [-0.2, -0.15) is 0 Å². The molecule has 4 atom stereocenters. The number of fused-ring (bicyclic) bond motifs is 1. The first-order valence-corrected chi connectivity index (χ1v) is 22.2. The normalized spacial score (nSPS) is 16.1. The van der Waals surface area contributed by atoms with Gasteiger partial charge in [-0.15, -0.1) is 11.3 Å². The lowest BCUT2D eigenvalue weighted by atomic mass is 9.91. The molecule has 4 aromatic heterocycles. The molecule has 7 rings (SSSR count). The molecular weight excluding hydrogens is 837 g/mol. The van der Waals surface area contributed by atoms with Gasteiger partial charge in [0.25, 0.3) is 5.88 Å². The van der Waals surface area contributed by atoms with Crippen molar-refractivity contribution in [2.24, 2.45) is 5.92 Å². The number of aliphatic hydroxyl groups excluding tert-OH is 1. The summed E-state index contributed by atoms with van der Waals surface area (Å²) in [6.45, 7) is 9.71. The van der Waals surface area contributed by atoms with Crippen molar-refractivity contribution in [1.82, 2.24) is 30.3 Å². The van der Waals surface area contributed by atoms with Gasteiger partial charge in [-0.05, 0) is 78.0 Å². The van der Waals surface area contributed by atoms with Crippen LogP contribution in [-0.2, 0) is 19.1 Å². The summed E-state index contributed by atoms with van der Waals surface area (Å²) in [6, 6.07) is 21.9. The van der Waals surface area contributed by atoms with E-state index in [4.69, 9.17) is 33.2 Å². The number of hydrogen-bond acceptors (Lipinski definition) is 14. The van der Waals surface area contributed by atoms with Crippen molar-refractivity contribution in [2.75, 3.05) is 53.3 Å². The molecule has 2 aromatic carbocycles. The van der Waals surface area contributed by atoms with Gasteiger partial charge in [0, 0.05) is 36.7 Å². The SMILES string of the molecule is COc1cc(/C=C/c2ccc3cc(OCCOCCOCCOc4cc(C(C(=O)N5C[C@H](O)C[C@H]5C(=O)N[C@@H](C)c5ccc(-c6scnc6C)cc5)C(C)C)on4)ccc3n2)ccn1. The van der Waals surface area contributed by atoms with Crippen molar-refractivity contribution in [2.45, 2.75) is 58.2 Å². The van der Waals surface area contributed by atoms with E-state index in [2.05, 4.69) is 20.4 Å². The first-order chi connectivity index (χ1) is 31.1. The summed E-state index contributed by atoms with van der Waals surface area (Å²) in [5, 5.41) is 18.7. The van der Waals surface area contributed by atoms with Crippen LogP contribution in [-0.4, -0.2) is 107 Å². The van der Waals surface area contributed by atoms with Crippen molar-refractivity contribution in [3.05, 3.63) is 113 Å². The number of methoxy groups -OCH3 is 1. The summed E-state index contributed by atoms with van der Waals surface area (Å²) >= 11 is 1.58. The number of aryl methyl sites for hydroxylation is 1. The number of aromatic nitrogens is 4. The molecule has 2 amide bonds. The Hall–Kier alpha value is -6.20. The Labute approximate surface area is 376 Å². The van der Waals surface area contributed by atoms with Crippen LogP contribution in [0.5, 0.6) is 17.5 Å². The molecule has 15 nitrogen and oxygen atoms in total. The number of carbonyl (C=O) groups excluding carboxylic acids is 2. The van der Waals surface area contributed by atoms with E-state index in [1.807, 2.05) is 112 Å². The predicted molar refractivity (Wildman–Crippen MR) is 243 cm³/mol. The van der Waals surface area contributed by atoms with Crippen LogP contribution in [0.25, 0.3) is 33.5 Å². The number of β-amino-alcohol motifs (C(OH)–C–C–N with tert-alkyl or cyclic N) is 1. The number of carbonyl (C=O) groups is 2. The minimum Gasteiger partial charge on any atom is -0.491 e. The standard InChI is InChI=1S/C48H54N6O9S/c1-30(2)45(48(57)54-28-38(55)26-41(54)47(56)51-31(3)34-7-9-35(10-8-34)46-32(4)50-29-64-46)42-27-44(53-63-42)62-23-21-60-19-18-59-20-22-61-39-14-15-40-36(25-39)11-13-37(52-40)12-6-33-16-17-49-43(24-33)58-5/h6-17,24-25,27,29-31,38,41,45,55H,18-23,26,28H2,1-5H3,(H,51,56)/b12-6+/t31-,38+,41-,45?/m0/s1. The van der Waals surface area contributed by atoms with Gasteiger partial charge in [0.05, 0.1) is 73.0 Å². The van der Waals surface area contributed by atoms with Crippen molar-refractivity contribution < 1.29 is 42.9 Å². The highest BCUT2D eigenvalue weighted by atomic mass is 32.1. The topological polar surface area (TPSA) is 180 Å². The van der Waals surface area contributed by atoms with Crippen molar-refractivity contribution in [1.29, 1.82) is 0 Å². The molecular formula is C48H54N6O9S. The Morgan fingerprint density at radius 2 is 1.67 bits per heavy atom. The third kappa shape index (κ3) is 11.9. The minimum absolute atomic E-state index is 0.0388. The van der Waals surface area contributed by atoms with Gasteiger partial charge in [-0.1, -0.05) is 50.3 Å². The Bertz CT molecular complexity index is 2510. The van der Waals surface area contributed by atoms with E-state index in [9.17, 15) is 14.7 Å². The molecule has 1 aliphatic rings. The second kappa shape index (κ2) is 21.9. The summed E-state index contributed by atoms with van der Waals surface area (Å²) in [7, 11) is 1.59. The van der Waals surface area contributed by atoms with Crippen molar-refractivity contribution in [3.8, 4) is 28.0 Å². The molecule has 5 heterocycles. The molecule has 336 valence electrons. The molecule has 6 aromatic rings. The second-order valence-corrected chi connectivity index (χ2v) is 16.6. The maximum Gasteiger partial charge on any atom is 0.254 e. The molecule has 16 heteroatoms. The van der Waals surface area contributed by atoms with Gasteiger partial charge < -0.3 is 43.5 Å². The molecule has 1 unspecified atom stereocenters. The van der Waals surface area contributed by atoms with E-state index in [0.29, 0.717) is 38.1 Å². The van der Waals surface area contributed by atoms with Gasteiger partial charge in [-0.3, -0.25) is 9.59 Å². The maximum absolute atomic E-state index is 14.1. The number of hydrogen-bond donors (Lipinski definition) is 2. The van der Waals surface area contributed by atoms with Crippen LogP contribution in [0.2, 0.25) is 0 Å². The number of benzene rings is 2. The number of ether oxygens (including phenoxy) is 5. The number of nitrogens with zero attached hydrogens (tertiary/aromatic N) is 5. The number of rotatable bonds is 21. The van der Waals surface area contributed by atoms with E-state index >= 15 is 0 Å². The van der Waals surface area contributed by atoms with Crippen LogP contribution < -0.4 is 19.5 Å². The lowest BCUT2D eigenvalue weighted by Crippen LogP contribution is -2.48. The molecule has 0 bridgehead atoms. The maximum atomic E-state index is 14.1. The van der Waals surface area contributed by atoms with Crippen molar-refractivity contribution in [3.63, 3.8) is 0 Å². The Morgan fingerprint density at radius 3 is 2.41 bits per heavy atom. The van der Waals surface area contributed by atoms with E-state index < -0.39 is 18.1 Å². The first-order valence-electron chi connectivity index (χ1n) is 21.3. The number of thiazole rings is 1. The summed E-state index contributed by atoms with van der Waals surface area (Å²) in [5.74, 6) is 0.235. The zero-order valence-electron chi connectivity index (χ0n) is 36.6. The molecule has 0 aliphatic carbocycles. The third-order valence-corrected chi connectivity index (χ3v) is 11.8. The summed E-state index contributed by atoms with van der Waals surface area (Å²) in [6.07, 6.45) is 4.92. The van der Waals surface area contributed by atoms with Crippen LogP contribution in [0.3, 0.4) is 0 Å². The van der Waals surface area contributed by atoms with Crippen LogP contribution >= 0.6 is 11.3 Å². The summed E-state index contributed by atoms with van der Waals surface area (Å²) in [5.41, 5.74) is 7.45. The second-order valence-electron chi connectivity index (χ2n) is 15.8. The van der Waals surface area contributed by atoms with Gasteiger partial charge >= 0.3 is 0 Å². The minimum atomic E-state index is -0.839. The molecule has 0 radical (unpaired) electrons. The lowest BCUT2D eigenvalue weighted by molar-refractivity contribution is -0.141. The lowest BCUT2D eigenvalue weighted by Gasteiger charge is -2.29. The molecule has 1 saturated heterocycles. The highest BCUT2D eigenvalue weighted by Crippen LogP contribution is 2.33. The first kappa shape index (κ1) is 45.8. The van der Waals surface area contributed by atoms with E-state index in [1.165, 1.54) is 4.90 Å². The number of likely N-dealkylation sites (tertiary alicyclic amines) is 1. The van der Waals surface area contributed by atoms with Crippen LogP contribution in [0.4, 0.5) is 0 Å². The zero-order chi connectivity index (χ0) is 45.0. The van der Waals surface area contributed by atoms with Crippen LogP contribution in [0.15, 0.2) is 89.0 Å². The quantitative estimate of drug-likeness (QED) is 0.0688. The fourth-order valence-electron chi connectivity index (χ4n) is 7.47. The Balaban J connectivity index is 0.799. The summed E-state index contributed by atoms with van der Waals surface area (Å²) in [4.78, 5) is 43.4. The number of amides is 2. The monoisotopic (exact) mass is 890 g/mol. The van der Waals surface area contributed by atoms with E-state index in [1.54, 1.807) is 30.7 Å². The van der Waals surface area contributed by atoms with Crippen LogP contribution in [0.1, 0.15) is 67.4 Å². The fourth-order valence-corrected chi connectivity index (χ4v) is 8.28. The number of pyridine rings is 2. The number of nitrogens with one attached hydrogen (secondary N) is 1. The number of aliphatic hydroxyl groups is 1. The Morgan fingerprint density at radius 1 is 0.906 bits per heavy atom. The smallest absolute Gasteiger partial charge is 0.254 e. The van der Waals surface area contributed by atoms with E-state index in [0.717, 1.165) is 49.6 Å². The van der Waals surface area contributed by atoms with Gasteiger partial charge in [-0.25, -0.2) is 15.0 Å². The fraction of sp³-hybridized carbons (Fsp3) is 0.375. The zero-order valence-corrected chi connectivity index (χ0v) is 37.5. The van der Waals surface area contributed by atoms with Gasteiger partial charge in [0.2, 0.25) is 17.7 Å². The average molecular weight is 891 g/mol. The van der Waals surface area contributed by atoms with E-state index in [-0.39, 0.29) is 55.8 Å². The highest BCUT2D eigenvalue weighted by molar-refractivity contribution is 7.13. The molecule has 1 fully saturated rings.